The summed E-state index contributed by atoms with van der Waals surface area (Å²) in [6.45, 7) is 0. The SMILES string of the molecule is O=C(CC1CC1)C1CC2CCCC(C1)S2=O. The Morgan fingerprint density at radius 2 is 1.69 bits per heavy atom. The highest BCUT2D eigenvalue weighted by molar-refractivity contribution is 7.86. The van der Waals surface area contributed by atoms with Gasteiger partial charge in [-0.1, -0.05) is 6.42 Å². The van der Waals surface area contributed by atoms with Gasteiger partial charge in [0.15, 0.2) is 0 Å². The summed E-state index contributed by atoms with van der Waals surface area (Å²) >= 11 is 0. The van der Waals surface area contributed by atoms with Gasteiger partial charge in [-0.3, -0.25) is 9.00 Å². The molecule has 2 heterocycles. The van der Waals surface area contributed by atoms with Crippen molar-refractivity contribution in [3.63, 3.8) is 0 Å². The fourth-order valence-corrected chi connectivity index (χ4v) is 5.46. The van der Waals surface area contributed by atoms with Crippen molar-refractivity contribution in [2.24, 2.45) is 11.8 Å². The Balaban J connectivity index is 1.64. The lowest BCUT2D eigenvalue weighted by Gasteiger charge is -2.37. The summed E-state index contributed by atoms with van der Waals surface area (Å²) in [5, 5.41) is 0.696. The van der Waals surface area contributed by atoms with Crippen LogP contribution in [0.3, 0.4) is 0 Å². The van der Waals surface area contributed by atoms with Gasteiger partial charge < -0.3 is 0 Å². The third kappa shape index (κ3) is 2.11. The molecular weight excluding hydrogens is 220 g/mol. The summed E-state index contributed by atoms with van der Waals surface area (Å²) in [5.41, 5.74) is 0. The molecule has 2 aliphatic heterocycles. The fraction of sp³-hybridized carbons (Fsp3) is 0.923. The molecule has 0 radical (unpaired) electrons. The van der Waals surface area contributed by atoms with Crippen molar-refractivity contribution in [2.75, 3.05) is 0 Å². The van der Waals surface area contributed by atoms with E-state index in [1.54, 1.807) is 0 Å². The van der Waals surface area contributed by atoms with Crippen LogP contribution in [0.5, 0.6) is 0 Å². The third-order valence-electron chi connectivity index (χ3n) is 4.45. The van der Waals surface area contributed by atoms with Crippen LogP contribution in [0.4, 0.5) is 0 Å². The summed E-state index contributed by atoms with van der Waals surface area (Å²) in [5.74, 6) is 1.45. The Morgan fingerprint density at radius 3 is 2.25 bits per heavy atom. The molecule has 16 heavy (non-hydrogen) atoms. The lowest BCUT2D eigenvalue weighted by molar-refractivity contribution is -0.123. The van der Waals surface area contributed by atoms with Gasteiger partial charge in [-0.25, -0.2) is 0 Å². The van der Waals surface area contributed by atoms with Crippen LogP contribution in [0.15, 0.2) is 0 Å². The predicted molar refractivity (Wildman–Crippen MR) is 64.6 cm³/mol. The number of carbonyl (C=O) groups excluding carboxylic acids is 1. The zero-order chi connectivity index (χ0) is 11.1. The van der Waals surface area contributed by atoms with Crippen LogP contribution in [0.25, 0.3) is 0 Å². The van der Waals surface area contributed by atoms with Gasteiger partial charge in [0, 0.05) is 33.6 Å². The van der Waals surface area contributed by atoms with Crippen molar-refractivity contribution in [3.8, 4) is 0 Å². The van der Waals surface area contributed by atoms with Crippen LogP contribution in [-0.2, 0) is 15.6 Å². The highest BCUT2D eigenvalue weighted by Gasteiger charge is 2.41. The highest BCUT2D eigenvalue weighted by atomic mass is 32.2. The second-order valence-electron chi connectivity index (χ2n) is 5.79. The van der Waals surface area contributed by atoms with E-state index in [2.05, 4.69) is 0 Å². The van der Waals surface area contributed by atoms with E-state index in [-0.39, 0.29) is 5.92 Å². The Hall–Kier alpha value is -0.180. The van der Waals surface area contributed by atoms with Gasteiger partial charge in [0.05, 0.1) is 0 Å². The van der Waals surface area contributed by atoms with Crippen molar-refractivity contribution >= 4 is 16.6 Å². The molecule has 90 valence electrons. The summed E-state index contributed by atoms with van der Waals surface area (Å²) in [7, 11) is -0.622. The maximum atomic E-state index is 12.1. The Bertz CT molecular complexity index is 306. The van der Waals surface area contributed by atoms with Gasteiger partial charge in [-0.05, 0) is 44.4 Å². The molecular formula is C13H20O2S. The first-order valence-corrected chi connectivity index (χ1v) is 7.93. The molecule has 2 unspecified atom stereocenters. The van der Waals surface area contributed by atoms with Crippen LogP contribution in [0.1, 0.15) is 51.4 Å². The van der Waals surface area contributed by atoms with E-state index in [1.807, 2.05) is 0 Å². The van der Waals surface area contributed by atoms with Crippen LogP contribution < -0.4 is 0 Å². The van der Waals surface area contributed by atoms with Crippen LogP contribution in [0, 0.1) is 11.8 Å². The predicted octanol–water partition coefficient (Wildman–Crippen LogP) is 2.44. The quantitative estimate of drug-likeness (QED) is 0.759. The van der Waals surface area contributed by atoms with Crippen molar-refractivity contribution in [2.45, 2.75) is 61.9 Å². The molecule has 3 rings (SSSR count). The number of ketones is 1. The smallest absolute Gasteiger partial charge is 0.136 e. The summed E-state index contributed by atoms with van der Waals surface area (Å²) < 4.78 is 12.0. The molecule has 0 spiro atoms. The lowest BCUT2D eigenvalue weighted by Crippen LogP contribution is -2.41. The number of hydrogen-bond donors (Lipinski definition) is 0. The standard InChI is InChI=1S/C13H20O2S/c14-13(6-9-4-5-9)10-7-11-2-1-3-12(8-10)16(11)15/h9-12H,1-8H2. The molecule has 2 bridgehead atoms. The molecule has 0 aromatic heterocycles. The normalized spacial score (nSPS) is 43.0. The van der Waals surface area contributed by atoms with E-state index in [0.717, 1.165) is 32.1 Å². The molecule has 3 fully saturated rings. The average Bonchev–Trinajstić information content (AvgIpc) is 3.00. The Kier molecular flexibility index (Phi) is 2.90. The van der Waals surface area contributed by atoms with E-state index in [9.17, 15) is 9.00 Å². The molecule has 1 aliphatic carbocycles. The van der Waals surface area contributed by atoms with E-state index in [0.29, 0.717) is 22.2 Å². The fourth-order valence-electron chi connectivity index (χ4n) is 3.27. The maximum absolute atomic E-state index is 12.1. The molecule has 2 saturated heterocycles. The molecule has 0 amide bonds. The number of fused-ring (bicyclic) bond motifs is 2. The highest BCUT2D eigenvalue weighted by Crippen LogP contribution is 2.40. The zero-order valence-corrected chi connectivity index (χ0v) is 10.5. The second-order valence-corrected chi connectivity index (χ2v) is 7.78. The average molecular weight is 240 g/mol. The van der Waals surface area contributed by atoms with Crippen molar-refractivity contribution in [3.05, 3.63) is 0 Å². The molecule has 3 aliphatic rings. The minimum absolute atomic E-state index is 0.258. The van der Waals surface area contributed by atoms with Crippen LogP contribution in [0.2, 0.25) is 0 Å². The summed E-state index contributed by atoms with van der Waals surface area (Å²) in [6.07, 6.45) is 8.60. The van der Waals surface area contributed by atoms with Crippen molar-refractivity contribution in [1.82, 2.24) is 0 Å². The number of Topliss-reactive ketones (excluding diaryl/α,β-unsaturated/α-hetero) is 1. The minimum atomic E-state index is -0.622. The molecule has 0 N–H and O–H groups in total. The number of carbonyl (C=O) groups is 1. The zero-order valence-electron chi connectivity index (χ0n) is 9.69. The Labute approximate surface area is 99.6 Å². The summed E-state index contributed by atoms with van der Waals surface area (Å²) in [6, 6.07) is 0. The molecule has 0 aromatic rings. The van der Waals surface area contributed by atoms with E-state index >= 15 is 0 Å². The van der Waals surface area contributed by atoms with Gasteiger partial charge in [0.1, 0.15) is 5.78 Å². The molecule has 1 saturated carbocycles. The largest absolute Gasteiger partial charge is 0.299 e. The number of rotatable bonds is 3. The molecule has 0 aromatic carbocycles. The minimum Gasteiger partial charge on any atom is -0.299 e. The molecule has 3 heteroatoms. The van der Waals surface area contributed by atoms with Crippen LogP contribution >= 0.6 is 0 Å². The van der Waals surface area contributed by atoms with E-state index in [1.165, 1.54) is 19.3 Å². The van der Waals surface area contributed by atoms with Crippen LogP contribution in [-0.4, -0.2) is 20.5 Å². The van der Waals surface area contributed by atoms with Crippen molar-refractivity contribution in [1.29, 1.82) is 0 Å². The molecule has 2 atom stereocenters. The third-order valence-corrected chi connectivity index (χ3v) is 6.62. The van der Waals surface area contributed by atoms with Crippen molar-refractivity contribution < 1.29 is 9.00 Å². The number of hydrogen-bond acceptors (Lipinski definition) is 2. The van der Waals surface area contributed by atoms with Gasteiger partial charge in [-0.2, -0.15) is 0 Å². The summed E-state index contributed by atoms with van der Waals surface area (Å²) in [4.78, 5) is 12.1. The molecule has 2 nitrogen and oxygen atoms in total. The van der Waals surface area contributed by atoms with Gasteiger partial charge in [-0.15, -0.1) is 0 Å². The second kappa shape index (κ2) is 4.25. The maximum Gasteiger partial charge on any atom is 0.136 e. The van der Waals surface area contributed by atoms with E-state index in [4.69, 9.17) is 0 Å². The topological polar surface area (TPSA) is 34.1 Å². The lowest BCUT2D eigenvalue weighted by atomic mass is 9.85. The Morgan fingerprint density at radius 1 is 1.06 bits per heavy atom. The van der Waals surface area contributed by atoms with E-state index < -0.39 is 10.8 Å². The van der Waals surface area contributed by atoms with Gasteiger partial charge in [0.25, 0.3) is 0 Å². The first-order chi connectivity index (χ1) is 7.74. The first-order valence-electron chi connectivity index (χ1n) is 6.66. The van der Waals surface area contributed by atoms with Gasteiger partial charge >= 0.3 is 0 Å². The first kappa shape index (κ1) is 10.9. The monoisotopic (exact) mass is 240 g/mol. The van der Waals surface area contributed by atoms with Gasteiger partial charge in [0.2, 0.25) is 0 Å².